The summed E-state index contributed by atoms with van der Waals surface area (Å²) in [6.07, 6.45) is 1.61. The number of benzene rings is 1. The van der Waals surface area contributed by atoms with Crippen molar-refractivity contribution in [2.24, 2.45) is 5.73 Å². The van der Waals surface area contributed by atoms with E-state index in [-0.39, 0.29) is 11.6 Å². The molecule has 2 amide bonds. The molecular weight excluding hydrogens is 232 g/mol. The predicted molar refractivity (Wildman–Crippen MR) is 66.4 cm³/mol. The Morgan fingerprint density at radius 1 is 1.28 bits per heavy atom. The third-order valence-electron chi connectivity index (χ3n) is 2.30. The molecule has 0 saturated carbocycles. The average Bonchev–Trinajstić information content (AvgIpc) is 2.78. The Kier molecular flexibility index (Phi) is 3.09. The first-order valence-electron chi connectivity index (χ1n) is 5.30. The summed E-state index contributed by atoms with van der Waals surface area (Å²) in [5.41, 5.74) is 6.59. The Balaban J connectivity index is 2.42. The van der Waals surface area contributed by atoms with Crippen LogP contribution in [0.25, 0.3) is 5.69 Å². The summed E-state index contributed by atoms with van der Waals surface area (Å²) in [6, 6.07) is 8.66. The van der Waals surface area contributed by atoms with Crippen LogP contribution in [0.15, 0.2) is 36.5 Å². The van der Waals surface area contributed by atoms with Crippen molar-refractivity contribution >= 4 is 17.5 Å². The number of carbonyl (C=O) groups is 2. The van der Waals surface area contributed by atoms with Gasteiger partial charge in [-0.05, 0) is 18.2 Å². The minimum atomic E-state index is -0.592. The second kappa shape index (κ2) is 4.70. The quantitative estimate of drug-likeness (QED) is 0.841. The monoisotopic (exact) mass is 244 g/mol. The zero-order chi connectivity index (χ0) is 13.1. The normalized spacial score (nSPS) is 10.1. The molecule has 6 nitrogen and oxygen atoms in total. The molecule has 3 N–H and O–H groups in total. The van der Waals surface area contributed by atoms with Crippen LogP contribution in [-0.4, -0.2) is 21.6 Å². The maximum atomic E-state index is 11.1. The standard InChI is InChI=1S/C12H12N4O2/c1-8(17)14-9-4-2-3-5-11(9)16-7-6-10(15-16)12(13)18/h2-7H,1H3,(H2,13,18)(H,14,17). The third kappa shape index (κ3) is 2.37. The van der Waals surface area contributed by atoms with Crippen LogP contribution in [0, 0.1) is 0 Å². The summed E-state index contributed by atoms with van der Waals surface area (Å²) >= 11 is 0. The number of hydrogen-bond acceptors (Lipinski definition) is 3. The van der Waals surface area contributed by atoms with Gasteiger partial charge >= 0.3 is 0 Å². The minimum Gasteiger partial charge on any atom is -0.364 e. The molecule has 0 aliphatic heterocycles. The molecule has 2 aromatic rings. The number of carbonyl (C=O) groups excluding carboxylic acids is 2. The number of nitrogens with one attached hydrogen (secondary N) is 1. The van der Waals surface area contributed by atoms with Gasteiger partial charge in [-0.2, -0.15) is 5.10 Å². The van der Waals surface area contributed by atoms with Crippen molar-refractivity contribution in [3.63, 3.8) is 0 Å². The molecule has 18 heavy (non-hydrogen) atoms. The molecule has 6 heteroatoms. The zero-order valence-corrected chi connectivity index (χ0v) is 9.75. The van der Waals surface area contributed by atoms with Crippen molar-refractivity contribution in [1.82, 2.24) is 9.78 Å². The van der Waals surface area contributed by atoms with Gasteiger partial charge in [0.25, 0.3) is 5.91 Å². The first-order chi connectivity index (χ1) is 8.58. The lowest BCUT2D eigenvalue weighted by atomic mass is 10.2. The fourth-order valence-electron chi connectivity index (χ4n) is 1.56. The molecular formula is C12H12N4O2. The van der Waals surface area contributed by atoms with E-state index in [1.807, 2.05) is 6.07 Å². The van der Waals surface area contributed by atoms with Gasteiger partial charge in [0.2, 0.25) is 5.91 Å². The molecule has 0 spiro atoms. The van der Waals surface area contributed by atoms with Gasteiger partial charge in [-0.3, -0.25) is 9.59 Å². The zero-order valence-electron chi connectivity index (χ0n) is 9.75. The van der Waals surface area contributed by atoms with Crippen molar-refractivity contribution in [2.45, 2.75) is 6.92 Å². The van der Waals surface area contributed by atoms with E-state index in [0.29, 0.717) is 11.4 Å². The summed E-state index contributed by atoms with van der Waals surface area (Å²) in [7, 11) is 0. The van der Waals surface area contributed by atoms with Crippen molar-refractivity contribution in [1.29, 1.82) is 0 Å². The van der Waals surface area contributed by atoms with Gasteiger partial charge in [0.1, 0.15) is 5.69 Å². The molecule has 0 radical (unpaired) electrons. The number of rotatable bonds is 3. The van der Waals surface area contributed by atoms with Gasteiger partial charge in [0.15, 0.2) is 0 Å². The third-order valence-corrected chi connectivity index (χ3v) is 2.30. The highest BCUT2D eigenvalue weighted by Crippen LogP contribution is 2.19. The number of anilines is 1. The number of aromatic nitrogens is 2. The number of para-hydroxylation sites is 2. The van der Waals surface area contributed by atoms with Crippen LogP contribution in [0.2, 0.25) is 0 Å². The highest BCUT2D eigenvalue weighted by molar-refractivity contribution is 5.92. The van der Waals surface area contributed by atoms with Gasteiger partial charge in [-0.15, -0.1) is 0 Å². The molecule has 0 aliphatic carbocycles. The minimum absolute atomic E-state index is 0.174. The Hall–Kier alpha value is -2.63. The van der Waals surface area contributed by atoms with E-state index in [2.05, 4.69) is 10.4 Å². The molecule has 2 rings (SSSR count). The summed E-state index contributed by atoms with van der Waals surface area (Å²) in [5, 5.41) is 6.73. The Morgan fingerprint density at radius 2 is 2.00 bits per heavy atom. The molecule has 0 bridgehead atoms. The van der Waals surface area contributed by atoms with E-state index in [1.165, 1.54) is 17.7 Å². The second-order valence-electron chi connectivity index (χ2n) is 3.71. The Bertz CT molecular complexity index is 604. The maximum Gasteiger partial charge on any atom is 0.269 e. The SMILES string of the molecule is CC(=O)Nc1ccccc1-n1ccc(C(N)=O)n1. The lowest BCUT2D eigenvalue weighted by Gasteiger charge is -2.09. The van der Waals surface area contributed by atoms with Crippen LogP contribution in [0.4, 0.5) is 5.69 Å². The molecule has 92 valence electrons. The van der Waals surface area contributed by atoms with Crippen LogP contribution in [0.5, 0.6) is 0 Å². The number of hydrogen-bond donors (Lipinski definition) is 2. The van der Waals surface area contributed by atoms with Crippen LogP contribution in [0.1, 0.15) is 17.4 Å². The fourth-order valence-corrected chi connectivity index (χ4v) is 1.56. The molecule has 0 saturated heterocycles. The number of amides is 2. The molecule has 1 aromatic heterocycles. The Labute approximate surface area is 103 Å². The van der Waals surface area contributed by atoms with Crippen molar-refractivity contribution < 1.29 is 9.59 Å². The highest BCUT2D eigenvalue weighted by atomic mass is 16.1. The van der Waals surface area contributed by atoms with Gasteiger partial charge in [-0.1, -0.05) is 12.1 Å². The van der Waals surface area contributed by atoms with Crippen LogP contribution in [0.3, 0.4) is 0 Å². The number of nitrogens with zero attached hydrogens (tertiary/aromatic N) is 2. The largest absolute Gasteiger partial charge is 0.364 e. The highest BCUT2D eigenvalue weighted by Gasteiger charge is 2.09. The number of primary amides is 1. The lowest BCUT2D eigenvalue weighted by molar-refractivity contribution is -0.114. The molecule has 0 unspecified atom stereocenters. The smallest absolute Gasteiger partial charge is 0.269 e. The van der Waals surface area contributed by atoms with Crippen molar-refractivity contribution in [3.8, 4) is 5.69 Å². The summed E-state index contributed by atoms with van der Waals surface area (Å²) < 4.78 is 1.49. The van der Waals surface area contributed by atoms with E-state index >= 15 is 0 Å². The first kappa shape index (κ1) is 11.8. The van der Waals surface area contributed by atoms with E-state index in [1.54, 1.807) is 24.4 Å². The van der Waals surface area contributed by atoms with Gasteiger partial charge < -0.3 is 11.1 Å². The Morgan fingerprint density at radius 3 is 2.61 bits per heavy atom. The maximum absolute atomic E-state index is 11.1. The topological polar surface area (TPSA) is 90.0 Å². The van der Waals surface area contributed by atoms with E-state index in [4.69, 9.17) is 5.73 Å². The molecule has 0 atom stereocenters. The second-order valence-corrected chi connectivity index (χ2v) is 3.71. The van der Waals surface area contributed by atoms with E-state index < -0.39 is 5.91 Å². The lowest BCUT2D eigenvalue weighted by Crippen LogP contribution is -2.13. The average molecular weight is 244 g/mol. The van der Waals surface area contributed by atoms with E-state index in [0.717, 1.165) is 0 Å². The number of nitrogens with two attached hydrogens (primary N) is 1. The summed E-state index contributed by atoms with van der Waals surface area (Å²) in [4.78, 5) is 22.1. The van der Waals surface area contributed by atoms with E-state index in [9.17, 15) is 9.59 Å². The van der Waals surface area contributed by atoms with Gasteiger partial charge in [0, 0.05) is 13.1 Å². The summed E-state index contributed by atoms with van der Waals surface area (Å²) in [5.74, 6) is -0.768. The molecule has 0 aliphatic rings. The molecule has 1 heterocycles. The van der Waals surface area contributed by atoms with Crippen molar-refractivity contribution in [3.05, 3.63) is 42.2 Å². The molecule has 0 fully saturated rings. The first-order valence-corrected chi connectivity index (χ1v) is 5.30. The molecule has 1 aromatic carbocycles. The predicted octanol–water partition coefficient (Wildman–Crippen LogP) is 0.930. The fraction of sp³-hybridized carbons (Fsp3) is 0.0833. The summed E-state index contributed by atoms with van der Waals surface area (Å²) in [6.45, 7) is 1.43. The van der Waals surface area contributed by atoms with Crippen LogP contribution >= 0.6 is 0 Å². The van der Waals surface area contributed by atoms with Crippen LogP contribution < -0.4 is 11.1 Å². The van der Waals surface area contributed by atoms with Crippen LogP contribution in [-0.2, 0) is 4.79 Å². The van der Waals surface area contributed by atoms with Gasteiger partial charge in [-0.25, -0.2) is 4.68 Å². The van der Waals surface area contributed by atoms with Crippen molar-refractivity contribution in [2.75, 3.05) is 5.32 Å². The van der Waals surface area contributed by atoms with Gasteiger partial charge in [0.05, 0.1) is 11.4 Å².